The molecule has 8 nitrogen and oxygen atoms in total. The number of unbranched alkanes of at least 4 members (excludes halogenated alkanes) is 7. The van der Waals surface area contributed by atoms with Gasteiger partial charge >= 0.3 is 17.9 Å². The maximum atomic E-state index is 11.5. The van der Waals surface area contributed by atoms with E-state index < -0.39 is 36.4 Å². The lowest BCUT2D eigenvalue weighted by molar-refractivity contribution is -0.172. The van der Waals surface area contributed by atoms with Crippen molar-refractivity contribution in [2.75, 3.05) is 13.2 Å². The van der Waals surface area contributed by atoms with Crippen molar-refractivity contribution in [2.24, 2.45) is 0 Å². The molecule has 0 fully saturated rings. The van der Waals surface area contributed by atoms with E-state index in [1.165, 1.54) is 0 Å². The first-order chi connectivity index (χ1) is 11.3. The van der Waals surface area contributed by atoms with Gasteiger partial charge in [-0.3, -0.25) is 9.59 Å². The minimum Gasteiger partial charge on any atom is -0.481 e. The summed E-state index contributed by atoms with van der Waals surface area (Å²) in [7, 11) is 0. The molecule has 8 heteroatoms. The summed E-state index contributed by atoms with van der Waals surface area (Å²) in [5.74, 6) is -4.19. The van der Waals surface area contributed by atoms with Gasteiger partial charge in [-0.25, -0.2) is 4.79 Å². The summed E-state index contributed by atoms with van der Waals surface area (Å²) < 4.78 is 4.85. The number of aliphatic hydroxyl groups is 2. The molecule has 0 aliphatic rings. The zero-order chi connectivity index (χ0) is 18.4. The summed E-state index contributed by atoms with van der Waals surface area (Å²) in [6.07, 6.45) is 5.65. The smallest absolute Gasteiger partial charge is 0.336 e. The molecule has 0 spiro atoms. The third-order valence-electron chi connectivity index (χ3n) is 3.59. The summed E-state index contributed by atoms with van der Waals surface area (Å²) in [4.78, 5) is 33.0. The summed E-state index contributed by atoms with van der Waals surface area (Å²) in [5, 5.41) is 35.8. The van der Waals surface area contributed by atoms with Crippen LogP contribution in [0.25, 0.3) is 0 Å². The molecule has 140 valence electrons. The molecule has 0 bridgehead atoms. The Balaban J connectivity index is 3.78. The highest BCUT2D eigenvalue weighted by Gasteiger charge is 2.41. The number of ether oxygens (including phenoxy) is 1. The van der Waals surface area contributed by atoms with E-state index in [9.17, 15) is 19.5 Å². The maximum Gasteiger partial charge on any atom is 0.336 e. The SMILES string of the molecule is O=C(O)CC(O)(CC(=O)OCCCCCCCCCCO)C(=O)O. The number of hydrogen-bond acceptors (Lipinski definition) is 6. The Kier molecular flexibility index (Phi) is 11.8. The zero-order valence-electron chi connectivity index (χ0n) is 13.9. The van der Waals surface area contributed by atoms with Gasteiger partial charge in [-0.15, -0.1) is 0 Å². The second-order valence-electron chi connectivity index (χ2n) is 5.86. The number of aliphatic carboxylic acids is 2. The Bertz CT molecular complexity index is 396. The predicted molar refractivity (Wildman–Crippen MR) is 84.4 cm³/mol. The van der Waals surface area contributed by atoms with Crippen LogP contribution in [0.2, 0.25) is 0 Å². The van der Waals surface area contributed by atoms with Crippen molar-refractivity contribution in [3.8, 4) is 0 Å². The van der Waals surface area contributed by atoms with Crippen LogP contribution in [-0.4, -0.2) is 57.1 Å². The molecule has 24 heavy (non-hydrogen) atoms. The second-order valence-corrected chi connectivity index (χ2v) is 5.86. The van der Waals surface area contributed by atoms with Gasteiger partial charge in [-0.2, -0.15) is 0 Å². The van der Waals surface area contributed by atoms with Gasteiger partial charge in [0.15, 0.2) is 5.60 Å². The van der Waals surface area contributed by atoms with E-state index in [0.717, 1.165) is 44.9 Å². The van der Waals surface area contributed by atoms with Crippen LogP contribution in [0.15, 0.2) is 0 Å². The van der Waals surface area contributed by atoms with Gasteiger partial charge < -0.3 is 25.2 Å². The zero-order valence-corrected chi connectivity index (χ0v) is 13.9. The highest BCUT2D eigenvalue weighted by Crippen LogP contribution is 2.17. The molecule has 0 rings (SSSR count). The first-order valence-electron chi connectivity index (χ1n) is 8.26. The van der Waals surface area contributed by atoms with Crippen molar-refractivity contribution in [3.63, 3.8) is 0 Å². The van der Waals surface area contributed by atoms with Crippen LogP contribution < -0.4 is 0 Å². The molecule has 0 radical (unpaired) electrons. The number of carboxylic acid groups (broad SMARTS) is 2. The lowest BCUT2D eigenvalue weighted by Crippen LogP contribution is -2.43. The van der Waals surface area contributed by atoms with Crippen LogP contribution >= 0.6 is 0 Å². The molecule has 0 heterocycles. The third-order valence-corrected chi connectivity index (χ3v) is 3.59. The van der Waals surface area contributed by atoms with Crippen molar-refractivity contribution < 1.29 is 39.5 Å². The lowest BCUT2D eigenvalue weighted by Gasteiger charge is -2.20. The highest BCUT2D eigenvalue weighted by atomic mass is 16.5. The number of carbonyl (C=O) groups is 3. The Morgan fingerprint density at radius 2 is 1.29 bits per heavy atom. The maximum absolute atomic E-state index is 11.5. The molecule has 1 unspecified atom stereocenters. The first kappa shape index (κ1) is 22.3. The van der Waals surface area contributed by atoms with Crippen molar-refractivity contribution in [3.05, 3.63) is 0 Å². The largest absolute Gasteiger partial charge is 0.481 e. The van der Waals surface area contributed by atoms with E-state index in [4.69, 9.17) is 20.1 Å². The molecule has 1 atom stereocenters. The first-order valence-corrected chi connectivity index (χ1v) is 8.26. The molecule has 0 aromatic rings. The van der Waals surface area contributed by atoms with Crippen LogP contribution in [0, 0.1) is 0 Å². The van der Waals surface area contributed by atoms with Gasteiger partial charge in [-0.1, -0.05) is 38.5 Å². The van der Waals surface area contributed by atoms with Crippen LogP contribution in [-0.2, 0) is 19.1 Å². The summed E-state index contributed by atoms with van der Waals surface area (Å²) in [6.45, 7) is 0.348. The Labute approximate surface area is 141 Å². The molecule has 4 N–H and O–H groups in total. The Morgan fingerprint density at radius 3 is 1.75 bits per heavy atom. The normalized spacial score (nSPS) is 13.2. The molecule has 0 saturated heterocycles. The van der Waals surface area contributed by atoms with Crippen LogP contribution in [0.1, 0.15) is 64.2 Å². The Morgan fingerprint density at radius 1 is 0.792 bits per heavy atom. The van der Waals surface area contributed by atoms with E-state index >= 15 is 0 Å². The number of carbonyl (C=O) groups excluding carboxylic acids is 1. The molecular weight excluding hydrogens is 320 g/mol. The number of carboxylic acids is 2. The molecular formula is C16H28O8. The molecule has 0 saturated carbocycles. The number of hydrogen-bond donors (Lipinski definition) is 4. The van der Waals surface area contributed by atoms with E-state index in [2.05, 4.69) is 0 Å². The van der Waals surface area contributed by atoms with Crippen molar-refractivity contribution in [1.29, 1.82) is 0 Å². The summed E-state index contributed by atoms with van der Waals surface area (Å²) in [6, 6.07) is 0. The van der Waals surface area contributed by atoms with Crippen molar-refractivity contribution in [2.45, 2.75) is 69.8 Å². The third kappa shape index (κ3) is 11.0. The van der Waals surface area contributed by atoms with E-state index in [-0.39, 0.29) is 13.2 Å². The van der Waals surface area contributed by atoms with Gasteiger partial charge in [-0.05, 0) is 12.8 Å². The monoisotopic (exact) mass is 348 g/mol. The highest BCUT2D eigenvalue weighted by molar-refractivity contribution is 5.88. The summed E-state index contributed by atoms with van der Waals surface area (Å²) in [5.41, 5.74) is -2.64. The van der Waals surface area contributed by atoms with E-state index in [0.29, 0.717) is 6.42 Å². The fraction of sp³-hybridized carbons (Fsp3) is 0.812. The predicted octanol–water partition coefficient (Wildman–Crippen LogP) is 1.32. The molecule has 0 amide bonds. The molecule has 0 aromatic heterocycles. The minimum absolute atomic E-state index is 0.117. The van der Waals surface area contributed by atoms with Gasteiger partial charge in [0.2, 0.25) is 0 Å². The van der Waals surface area contributed by atoms with E-state index in [1.54, 1.807) is 0 Å². The van der Waals surface area contributed by atoms with Gasteiger partial charge in [0.05, 0.1) is 19.4 Å². The number of esters is 1. The topological polar surface area (TPSA) is 141 Å². The fourth-order valence-corrected chi connectivity index (χ4v) is 2.21. The van der Waals surface area contributed by atoms with Crippen molar-refractivity contribution >= 4 is 17.9 Å². The average Bonchev–Trinajstić information content (AvgIpc) is 2.48. The molecule has 0 aromatic carbocycles. The van der Waals surface area contributed by atoms with Gasteiger partial charge in [0.1, 0.15) is 0 Å². The van der Waals surface area contributed by atoms with Crippen LogP contribution in [0.5, 0.6) is 0 Å². The van der Waals surface area contributed by atoms with Gasteiger partial charge in [0.25, 0.3) is 0 Å². The Hall–Kier alpha value is -1.67. The molecule has 0 aliphatic heterocycles. The molecule has 0 aliphatic carbocycles. The van der Waals surface area contributed by atoms with Crippen molar-refractivity contribution in [1.82, 2.24) is 0 Å². The average molecular weight is 348 g/mol. The van der Waals surface area contributed by atoms with Gasteiger partial charge in [0, 0.05) is 6.61 Å². The quantitative estimate of drug-likeness (QED) is 0.256. The minimum atomic E-state index is -2.64. The fourth-order valence-electron chi connectivity index (χ4n) is 2.21. The van der Waals surface area contributed by atoms with Crippen LogP contribution in [0.4, 0.5) is 0 Å². The number of aliphatic hydroxyl groups excluding tert-OH is 1. The lowest BCUT2D eigenvalue weighted by atomic mass is 9.96. The number of rotatable bonds is 15. The van der Waals surface area contributed by atoms with E-state index in [1.807, 2.05) is 0 Å². The van der Waals surface area contributed by atoms with Crippen LogP contribution in [0.3, 0.4) is 0 Å². The standard InChI is InChI=1S/C16H28O8/c17-9-7-5-3-1-2-4-6-8-10-24-14(20)12-16(23,15(21)22)11-13(18)19/h17,23H,1-12H2,(H,18,19)(H,21,22). The second kappa shape index (κ2) is 12.7. The summed E-state index contributed by atoms with van der Waals surface area (Å²) >= 11 is 0.